The minimum atomic E-state index is 0.000736. The molecule has 30 heavy (non-hydrogen) atoms. The summed E-state index contributed by atoms with van der Waals surface area (Å²) in [6.07, 6.45) is 4.73. The van der Waals surface area contributed by atoms with Gasteiger partial charge in [-0.05, 0) is 57.2 Å². The number of rotatable bonds is 6. The third-order valence-electron chi connectivity index (χ3n) is 3.85. The summed E-state index contributed by atoms with van der Waals surface area (Å²) >= 11 is 0. The molecule has 4 heterocycles. The fraction of sp³-hybridized carbons (Fsp3) is 0.143. The molecule has 150 valence electrons. The van der Waals surface area contributed by atoms with Crippen molar-refractivity contribution in [2.45, 2.75) is 20.8 Å². The molecule has 0 aliphatic carbocycles. The predicted molar refractivity (Wildman–Crippen MR) is 107 cm³/mol. The normalized spacial score (nSPS) is 10.5. The van der Waals surface area contributed by atoms with Crippen molar-refractivity contribution in [3.8, 4) is 35.3 Å². The molecule has 0 saturated carbocycles. The van der Waals surface area contributed by atoms with Crippen molar-refractivity contribution < 1.29 is 14.2 Å². The Kier molecular flexibility index (Phi) is 5.42. The number of aromatic nitrogens is 6. The Bertz CT molecular complexity index is 974. The van der Waals surface area contributed by atoms with E-state index in [1.54, 1.807) is 36.8 Å². The first-order valence-electron chi connectivity index (χ1n) is 9.11. The fourth-order valence-corrected chi connectivity index (χ4v) is 2.32. The molecule has 9 heteroatoms. The van der Waals surface area contributed by atoms with Crippen LogP contribution in [0.5, 0.6) is 35.3 Å². The lowest BCUT2D eigenvalue weighted by atomic mass is 10.4. The summed E-state index contributed by atoms with van der Waals surface area (Å²) in [5.41, 5.74) is 2.60. The number of ether oxygens (including phenoxy) is 3. The summed E-state index contributed by atoms with van der Waals surface area (Å²) in [7, 11) is 0. The molecule has 0 fully saturated rings. The maximum atomic E-state index is 5.71. The summed E-state index contributed by atoms with van der Waals surface area (Å²) in [4.78, 5) is 25.2. The van der Waals surface area contributed by atoms with Crippen molar-refractivity contribution in [3.05, 3.63) is 72.1 Å². The van der Waals surface area contributed by atoms with Crippen LogP contribution >= 0.6 is 0 Å². The topological polar surface area (TPSA) is 105 Å². The van der Waals surface area contributed by atoms with E-state index in [-0.39, 0.29) is 18.0 Å². The summed E-state index contributed by atoms with van der Waals surface area (Å²) in [5.74, 6) is 1.41. The summed E-state index contributed by atoms with van der Waals surface area (Å²) < 4.78 is 17.1. The second-order valence-corrected chi connectivity index (χ2v) is 6.40. The molecular weight excluding hydrogens is 384 g/mol. The molecule has 0 bridgehead atoms. The van der Waals surface area contributed by atoms with Gasteiger partial charge in [0.2, 0.25) is 0 Å². The van der Waals surface area contributed by atoms with E-state index in [1.165, 1.54) is 0 Å². The molecule has 0 N–H and O–H groups in total. The van der Waals surface area contributed by atoms with Crippen LogP contribution in [0.4, 0.5) is 0 Å². The van der Waals surface area contributed by atoms with Gasteiger partial charge >= 0.3 is 18.0 Å². The van der Waals surface area contributed by atoms with Crippen LogP contribution in [-0.2, 0) is 0 Å². The highest BCUT2D eigenvalue weighted by atomic mass is 16.5. The zero-order valence-corrected chi connectivity index (χ0v) is 16.6. The maximum absolute atomic E-state index is 5.71. The van der Waals surface area contributed by atoms with E-state index in [9.17, 15) is 0 Å². The minimum Gasteiger partial charge on any atom is -0.422 e. The van der Waals surface area contributed by atoms with Gasteiger partial charge in [0.25, 0.3) is 0 Å². The Morgan fingerprint density at radius 3 is 1.00 bits per heavy atom. The van der Waals surface area contributed by atoms with Crippen LogP contribution in [0.2, 0.25) is 0 Å². The molecule has 0 aliphatic rings. The first kappa shape index (κ1) is 19.2. The second kappa shape index (κ2) is 8.48. The van der Waals surface area contributed by atoms with Crippen LogP contribution in [0.3, 0.4) is 0 Å². The summed E-state index contributed by atoms with van der Waals surface area (Å²) in [5, 5.41) is 0. The highest BCUT2D eigenvalue weighted by molar-refractivity contribution is 5.28. The van der Waals surface area contributed by atoms with Gasteiger partial charge in [0.1, 0.15) is 17.2 Å². The van der Waals surface area contributed by atoms with Gasteiger partial charge < -0.3 is 14.2 Å². The minimum absolute atomic E-state index is 0.000736. The zero-order valence-electron chi connectivity index (χ0n) is 16.6. The molecule has 0 radical (unpaired) electrons. The Balaban J connectivity index is 1.64. The highest BCUT2D eigenvalue weighted by Crippen LogP contribution is 2.26. The molecule has 0 spiro atoms. The van der Waals surface area contributed by atoms with Crippen LogP contribution in [0.25, 0.3) is 0 Å². The van der Waals surface area contributed by atoms with Crippen molar-refractivity contribution in [2.24, 2.45) is 0 Å². The van der Waals surface area contributed by atoms with Crippen molar-refractivity contribution in [1.82, 2.24) is 29.9 Å². The van der Waals surface area contributed by atoms with Gasteiger partial charge in [0.15, 0.2) is 0 Å². The van der Waals surface area contributed by atoms with E-state index >= 15 is 0 Å². The average molecular weight is 402 g/mol. The smallest absolute Gasteiger partial charge is 0.331 e. The van der Waals surface area contributed by atoms with Crippen LogP contribution < -0.4 is 14.2 Å². The van der Waals surface area contributed by atoms with E-state index < -0.39 is 0 Å². The van der Waals surface area contributed by atoms with Crippen molar-refractivity contribution in [1.29, 1.82) is 0 Å². The quantitative estimate of drug-likeness (QED) is 0.465. The van der Waals surface area contributed by atoms with Crippen LogP contribution in [0, 0.1) is 20.8 Å². The fourth-order valence-electron chi connectivity index (χ4n) is 2.32. The molecule has 9 nitrogen and oxygen atoms in total. The molecule has 0 aromatic carbocycles. The van der Waals surface area contributed by atoms with Gasteiger partial charge in [-0.3, -0.25) is 15.0 Å². The number of aryl methyl sites for hydroxylation is 3. The zero-order chi connectivity index (χ0) is 20.9. The van der Waals surface area contributed by atoms with E-state index in [1.807, 2.05) is 39.0 Å². The molecule has 0 saturated heterocycles. The van der Waals surface area contributed by atoms with Gasteiger partial charge in [-0.15, -0.1) is 15.0 Å². The van der Waals surface area contributed by atoms with Crippen molar-refractivity contribution in [3.63, 3.8) is 0 Å². The van der Waals surface area contributed by atoms with Crippen molar-refractivity contribution >= 4 is 0 Å². The number of pyridine rings is 3. The van der Waals surface area contributed by atoms with Crippen LogP contribution in [0.15, 0.2) is 55.0 Å². The molecule has 0 aliphatic heterocycles. The lowest BCUT2D eigenvalue weighted by Gasteiger charge is -2.09. The lowest BCUT2D eigenvalue weighted by molar-refractivity contribution is 0.360. The lowest BCUT2D eigenvalue weighted by Crippen LogP contribution is -2.02. The maximum Gasteiger partial charge on any atom is 0.331 e. The highest BCUT2D eigenvalue weighted by Gasteiger charge is 2.13. The van der Waals surface area contributed by atoms with Gasteiger partial charge in [-0.1, -0.05) is 0 Å². The van der Waals surface area contributed by atoms with E-state index in [2.05, 4.69) is 29.9 Å². The number of hydrogen-bond acceptors (Lipinski definition) is 9. The SMILES string of the molecule is Cc1ccc(Oc2nc(Oc3ccc(C)nc3)nc(Oc3ccc(C)nc3)n2)cn1. The Labute approximate surface area is 172 Å². The van der Waals surface area contributed by atoms with E-state index in [0.717, 1.165) is 17.1 Å². The first-order valence-corrected chi connectivity index (χ1v) is 9.11. The Morgan fingerprint density at radius 1 is 0.467 bits per heavy atom. The third kappa shape index (κ3) is 5.02. The Hall–Kier alpha value is -4.14. The van der Waals surface area contributed by atoms with Gasteiger partial charge in [-0.25, -0.2) is 0 Å². The average Bonchev–Trinajstić information content (AvgIpc) is 2.73. The largest absolute Gasteiger partial charge is 0.422 e. The van der Waals surface area contributed by atoms with Gasteiger partial charge in [0.05, 0.1) is 18.6 Å². The van der Waals surface area contributed by atoms with E-state index in [4.69, 9.17) is 14.2 Å². The number of hydrogen-bond donors (Lipinski definition) is 0. The van der Waals surface area contributed by atoms with E-state index in [0.29, 0.717) is 17.2 Å². The monoisotopic (exact) mass is 402 g/mol. The van der Waals surface area contributed by atoms with Crippen molar-refractivity contribution in [2.75, 3.05) is 0 Å². The molecule has 4 rings (SSSR count). The Morgan fingerprint density at radius 2 is 0.767 bits per heavy atom. The van der Waals surface area contributed by atoms with Gasteiger partial charge in [-0.2, -0.15) is 0 Å². The molecular formula is C21H18N6O3. The summed E-state index contributed by atoms with van der Waals surface area (Å²) in [6, 6.07) is 10.8. The predicted octanol–water partition coefficient (Wildman–Crippen LogP) is 4.36. The van der Waals surface area contributed by atoms with Gasteiger partial charge in [0, 0.05) is 17.1 Å². The van der Waals surface area contributed by atoms with Crippen LogP contribution in [-0.4, -0.2) is 29.9 Å². The number of nitrogens with zero attached hydrogens (tertiary/aromatic N) is 6. The molecule has 0 atom stereocenters. The molecule has 0 amide bonds. The summed E-state index contributed by atoms with van der Waals surface area (Å²) in [6.45, 7) is 5.65. The standard InChI is InChI=1S/C21H18N6O3/c1-13-4-7-16(10-22-13)28-19-25-20(29-17-8-5-14(2)23-11-17)27-21(26-19)30-18-9-6-15(3)24-12-18/h4-12H,1-3H3. The molecule has 0 unspecified atom stereocenters. The first-order chi connectivity index (χ1) is 14.5. The second-order valence-electron chi connectivity index (χ2n) is 6.40. The van der Waals surface area contributed by atoms with Crippen LogP contribution in [0.1, 0.15) is 17.1 Å². The molecule has 4 aromatic heterocycles. The third-order valence-corrected chi connectivity index (χ3v) is 3.85. The molecule has 4 aromatic rings.